The van der Waals surface area contributed by atoms with Crippen molar-refractivity contribution in [3.8, 4) is 0 Å². The summed E-state index contributed by atoms with van der Waals surface area (Å²) in [5, 5.41) is 6.44. The van der Waals surface area contributed by atoms with Crippen LogP contribution in [0.1, 0.15) is 36.9 Å². The molecule has 2 aromatic rings. The zero-order chi connectivity index (χ0) is 15.4. The van der Waals surface area contributed by atoms with Crippen molar-refractivity contribution in [2.45, 2.75) is 38.3 Å². The Labute approximate surface area is 131 Å². The van der Waals surface area contributed by atoms with Crippen LogP contribution in [0.4, 0.5) is 5.69 Å². The van der Waals surface area contributed by atoms with Crippen LogP contribution in [-0.4, -0.2) is 11.9 Å². The first-order valence-corrected chi connectivity index (χ1v) is 7.94. The van der Waals surface area contributed by atoms with Crippen molar-refractivity contribution >= 4 is 11.6 Å². The van der Waals surface area contributed by atoms with Gasteiger partial charge in [0.2, 0.25) is 5.91 Å². The summed E-state index contributed by atoms with van der Waals surface area (Å²) in [6.07, 6.45) is 3.39. The largest absolute Gasteiger partial charge is 0.325 e. The summed E-state index contributed by atoms with van der Waals surface area (Å²) in [6.45, 7) is 1.93. The molecule has 22 heavy (non-hydrogen) atoms. The fourth-order valence-corrected chi connectivity index (χ4v) is 3.08. The van der Waals surface area contributed by atoms with Crippen LogP contribution in [0.15, 0.2) is 54.6 Å². The zero-order valence-electron chi connectivity index (χ0n) is 12.9. The topological polar surface area (TPSA) is 41.1 Å². The van der Waals surface area contributed by atoms with Gasteiger partial charge in [0.25, 0.3) is 0 Å². The first kappa shape index (κ1) is 14.8. The van der Waals surface area contributed by atoms with Crippen LogP contribution in [0, 0.1) is 0 Å². The lowest BCUT2D eigenvalue weighted by Crippen LogP contribution is -2.41. The lowest BCUT2D eigenvalue weighted by molar-refractivity contribution is -0.118. The van der Waals surface area contributed by atoms with E-state index in [0.29, 0.717) is 0 Å². The molecule has 3 nitrogen and oxygen atoms in total. The van der Waals surface area contributed by atoms with Gasteiger partial charge >= 0.3 is 0 Å². The minimum atomic E-state index is -0.226. The standard InChI is InChI=1S/C19H22N2O/c1-14(19(22)21-16-10-3-2-4-11-16)20-18-13-7-9-15-8-5-6-12-17(15)18/h2-6,8,10-12,14,18,20H,7,9,13H2,1H3,(H,21,22)/t14-,18-/m1/s1. The molecule has 1 aliphatic carbocycles. The van der Waals surface area contributed by atoms with E-state index in [1.54, 1.807) is 0 Å². The zero-order valence-corrected chi connectivity index (χ0v) is 12.9. The lowest BCUT2D eigenvalue weighted by Gasteiger charge is -2.28. The molecule has 0 saturated carbocycles. The molecule has 0 spiro atoms. The molecule has 1 aliphatic rings. The highest BCUT2D eigenvalue weighted by Gasteiger charge is 2.23. The molecule has 2 aromatic carbocycles. The number of hydrogen-bond donors (Lipinski definition) is 2. The van der Waals surface area contributed by atoms with Crippen LogP contribution in [0.2, 0.25) is 0 Å². The summed E-state index contributed by atoms with van der Waals surface area (Å²) in [4.78, 5) is 12.3. The van der Waals surface area contributed by atoms with Gasteiger partial charge in [-0.2, -0.15) is 0 Å². The summed E-state index contributed by atoms with van der Waals surface area (Å²) in [6, 6.07) is 18.2. The van der Waals surface area contributed by atoms with Gasteiger partial charge in [-0.25, -0.2) is 0 Å². The molecule has 3 rings (SSSR count). The number of benzene rings is 2. The number of nitrogens with one attached hydrogen (secondary N) is 2. The van der Waals surface area contributed by atoms with E-state index in [1.807, 2.05) is 37.3 Å². The number of fused-ring (bicyclic) bond motifs is 1. The Morgan fingerprint density at radius 1 is 1.09 bits per heavy atom. The number of para-hydroxylation sites is 1. The van der Waals surface area contributed by atoms with Gasteiger partial charge in [0.05, 0.1) is 6.04 Å². The molecule has 0 fully saturated rings. The van der Waals surface area contributed by atoms with Crippen LogP contribution in [0.5, 0.6) is 0 Å². The molecule has 0 unspecified atom stereocenters. The van der Waals surface area contributed by atoms with Crippen molar-refractivity contribution in [3.63, 3.8) is 0 Å². The number of hydrogen-bond acceptors (Lipinski definition) is 2. The van der Waals surface area contributed by atoms with Gasteiger partial charge in [-0.1, -0.05) is 42.5 Å². The van der Waals surface area contributed by atoms with Gasteiger partial charge in [0.1, 0.15) is 0 Å². The third-order valence-corrected chi connectivity index (χ3v) is 4.26. The Balaban J connectivity index is 1.65. The van der Waals surface area contributed by atoms with Gasteiger partial charge in [-0.15, -0.1) is 0 Å². The number of carbonyl (C=O) groups excluding carboxylic acids is 1. The van der Waals surface area contributed by atoms with Gasteiger partial charge in [-0.05, 0) is 49.4 Å². The average molecular weight is 294 g/mol. The maximum Gasteiger partial charge on any atom is 0.241 e. The number of rotatable bonds is 4. The highest BCUT2D eigenvalue weighted by Crippen LogP contribution is 2.29. The van der Waals surface area contributed by atoms with E-state index in [4.69, 9.17) is 0 Å². The second kappa shape index (κ2) is 6.75. The summed E-state index contributed by atoms with van der Waals surface area (Å²) >= 11 is 0. The van der Waals surface area contributed by atoms with E-state index in [1.165, 1.54) is 17.5 Å². The van der Waals surface area contributed by atoms with Crippen molar-refractivity contribution < 1.29 is 4.79 Å². The van der Waals surface area contributed by atoms with Crippen LogP contribution in [0.25, 0.3) is 0 Å². The van der Waals surface area contributed by atoms with Crippen molar-refractivity contribution in [2.24, 2.45) is 0 Å². The van der Waals surface area contributed by atoms with Crippen LogP contribution < -0.4 is 10.6 Å². The molecule has 0 saturated heterocycles. The minimum absolute atomic E-state index is 0.00857. The monoisotopic (exact) mass is 294 g/mol. The fourth-order valence-electron chi connectivity index (χ4n) is 3.08. The molecule has 0 bridgehead atoms. The number of anilines is 1. The maximum absolute atomic E-state index is 12.3. The molecule has 2 atom stereocenters. The van der Waals surface area contributed by atoms with Crippen molar-refractivity contribution in [1.29, 1.82) is 0 Å². The molecule has 3 heteroatoms. The Morgan fingerprint density at radius 2 is 1.82 bits per heavy atom. The van der Waals surface area contributed by atoms with Crippen molar-refractivity contribution in [3.05, 3.63) is 65.7 Å². The van der Waals surface area contributed by atoms with Crippen LogP contribution in [0.3, 0.4) is 0 Å². The minimum Gasteiger partial charge on any atom is -0.325 e. The molecular weight excluding hydrogens is 272 g/mol. The highest BCUT2D eigenvalue weighted by atomic mass is 16.2. The lowest BCUT2D eigenvalue weighted by atomic mass is 9.87. The highest BCUT2D eigenvalue weighted by molar-refractivity contribution is 5.94. The Morgan fingerprint density at radius 3 is 2.64 bits per heavy atom. The van der Waals surface area contributed by atoms with Gasteiger partial charge in [-0.3, -0.25) is 10.1 Å². The number of carbonyl (C=O) groups is 1. The Bertz CT molecular complexity index is 639. The Hall–Kier alpha value is -2.13. The van der Waals surface area contributed by atoms with Crippen LogP contribution in [-0.2, 0) is 11.2 Å². The van der Waals surface area contributed by atoms with E-state index in [2.05, 4.69) is 34.9 Å². The predicted molar refractivity (Wildman–Crippen MR) is 89.8 cm³/mol. The molecule has 0 radical (unpaired) electrons. The number of amides is 1. The van der Waals surface area contributed by atoms with E-state index >= 15 is 0 Å². The summed E-state index contributed by atoms with van der Waals surface area (Å²) in [5.74, 6) is 0.00857. The third-order valence-electron chi connectivity index (χ3n) is 4.26. The third kappa shape index (κ3) is 3.37. The van der Waals surface area contributed by atoms with Crippen molar-refractivity contribution in [1.82, 2.24) is 5.32 Å². The normalized spacial score (nSPS) is 18.3. The number of aryl methyl sites for hydroxylation is 1. The molecule has 2 N–H and O–H groups in total. The smallest absolute Gasteiger partial charge is 0.241 e. The second-order valence-electron chi connectivity index (χ2n) is 5.89. The van der Waals surface area contributed by atoms with Gasteiger partial charge < -0.3 is 5.32 Å². The molecule has 114 valence electrons. The van der Waals surface area contributed by atoms with E-state index in [-0.39, 0.29) is 18.0 Å². The molecule has 0 aromatic heterocycles. The second-order valence-corrected chi connectivity index (χ2v) is 5.89. The quantitative estimate of drug-likeness (QED) is 0.903. The molecular formula is C19H22N2O. The average Bonchev–Trinajstić information content (AvgIpc) is 2.56. The maximum atomic E-state index is 12.3. The van der Waals surface area contributed by atoms with Gasteiger partial charge in [0.15, 0.2) is 0 Å². The first-order valence-electron chi connectivity index (χ1n) is 7.94. The summed E-state index contributed by atoms with van der Waals surface area (Å²) in [7, 11) is 0. The van der Waals surface area contributed by atoms with E-state index in [0.717, 1.165) is 18.5 Å². The predicted octanol–water partition coefficient (Wildman–Crippen LogP) is 3.68. The summed E-state index contributed by atoms with van der Waals surface area (Å²) in [5.41, 5.74) is 3.58. The Kier molecular flexibility index (Phi) is 4.54. The fraction of sp³-hybridized carbons (Fsp3) is 0.316. The van der Waals surface area contributed by atoms with E-state index < -0.39 is 0 Å². The molecule has 0 aliphatic heterocycles. The SMILES string of the molecule is C[C@@H](N[C@@H]1CCCc2ccccc21)C(=O)Nc1ccccc1. The van der Waals surface area contributed by atoms with Crippen molar-refractivity contribution in [2.75, 3.05) is 5.32 Å². The van der Waals surface area contributed by atoms with E-state index in [9.17, 15) is 4.79 Å². The summed E-state index contributed by atoms with van der Waals surface area (Å²) < 4.78 is 0. The molecule has 0 heterocycles. The first-order chi connectivity index (χ1) is 10.7. The molecule has 1 amide bonds. The van der Waals surface area contributed by atoms with Crippen LogP contribution >= 0.6 is 0 Å². The van der Waals surface area contributed by atoms with Gasteiger partial charge in [0, 0.05) is 11.7 Å².